The first-order valence-electron chi connectivity index (χ1n) is 5.66. The molecule has 1 aromatic rings. The van der Waals surface area contributed by atoms with Crippen LogP contribution in [0.2, 0.25) is 0 Å². The molecule has 2 rings (SSSR count). The Labute approximate surface area is 105 Å². The molecule has 1 aliphatic rings. The molecule has 0 radical (unpaired) electrons. The van der Waals surface area contributed by atoms with Gasteiger partial charge in [-0.05, 0) is 37.7 Å². The summed E-state index contributed by atoms with van der Waals surface area (Å²) in [6.45, 7) is 0.649. The topological polar surface area (TPSA) is 84.7 Å². The van der Waals surface area contributed by atoms with Gasteiger partial charge in [0.25, 0.3) is 5.91 Å². The van der Waals surface area contributed by atoms with Crippen LogP contribution >= 0.6 is 0 Å². The van der Waals surface area contributed by atoms with Crippen molar-refractivity contribution in [3.63, 3.8) is 0 Å². The summed E-state index contributed by atoms with van der Waals surface area (Å²) in [7, 11) is 1.86. The summed E-state index contributed by atoms with van der Waals surface area (Å²) in [6, 6.07) is 4.64. The largest absolute Gasteiger partial charge is 0.482 e. The molecule has 0 saturated carbocycles. The molecule has 0 unspecified atom stereocenters. The van der Waals surface area contributed by atoms with Crippen LogP contribution in [0.4, 0.5) is 10.5 Å². The molecule has 0 saturated heterocycles. The van der Waals surface area contributed by atoms with Crippen molar-refractivity contribution in [1.82, 2.24) is 5.32 Å². The van der Waals surface area contributed by atoms with Gasteiger partial charge >= 0.3 is 6.03 Å². The molecule has 0 spiro atoms. The van der Waals surface area contributed by atoms with Crippen molar-refractivity contribution in [2.24, 2.45) is 5.73 Å². The van der Waals surface area contributed by atoms with E-state index in [0.29, 0.717) is 11.4 Å². The molecule has 1 aromatic carbocycles. The van der Waals surface area contributed by atoms with Crippen molar-refractivity contribution < 1.29 is 14.3 Å². The number of hydrogen-bond donors (Lipinski definition) is 2. The number of imide groups is 1. The molecule has 18 heavy (non-hydrogen) atoms. The summed E-state index contributed by atoms with van der Waals surface area (Å²) < 4.78 is 5.26. The second kappa shape index (κ2) is 5.05. The summed E-state index contributed by atoms with van der Waals surface area (Å²) >= 11 is 0. The van der Waals surface area contributed by atoms with Gasteiger partial charge in [-0.25, -0.2) is 9.69 Å². The van der Waals surface area contributed by atoms with E-state index in [-0.39, 0.29) is 6.61 Å². The first kappa shape index (κ1) is 12.4. The van der Waals surface area contributed by atoms with E-state index in [9.17, 15) is 9.59 Å². The highest BCUT2D eigenvalue weighted by atomic mass is 16.5. The predicted molar refractivity (Wildman–Crippen MR) is 66.6 cm³/mol. The number of rotatable bonds is 3. The van der Waals surface area contributed by atoms with Crippen LogP contribution < -0.4 is 20.7 Å². The van der Waals surface area contributed by atoms with Crippen molar-refractivity contribution in [3.05, 3.63) is 23.8 Å². The summed E-state index contributed by atoms with van der Waals surface area (Å²) in [5.74, 6) is 0.0578. The maximum absolute atomic E-state index is 11.6. The zero-order valence-corrected chi connectivity index (χ0v) is 10.1. The van der Waals surface area contributed by atoms with Gasteiger partial charge in [0.2, 0.25) is 0 Å². The minimum absolute atomic E-state index is 0.161. The highest BCUT2D eigenvalue weighted by Gasteiger charge is 2.29. The van der Waals surface area contributed by atoms with Crippen molar-refractivity contribution in [3.8, 4) is 5.75 Å². The van der Waals surface area contributed by atoms with Gasteiger partial charge in [-0.2, -0.15) is 0 Å². The Bertz CT molecular complexity index is 487. The molecule has 3 N–H and O–H groups in total. The number of carbonyl (C=O) groups is 2. The van der Waals surface area contributed by atoms with Crippen LogP contribution in [0.15, 0.2) is 18.2 Å². The van der Waals surface area contributed by atoms with Crippen LogP contribution in [0.1, 0.15) is 5.56 Å². The van der Waals surface area contributed by atoms with E-state index >= 15 is 0 Å². The van der Waals surface area contributed by atoms with Gasteiger partial charge in [0, 0.05) is 0 Å². The minimum Gasteiger partial charge on any atom is -0.482 e. The van der Waals surface area contributed by atoms with Crippen molar-refractivity contribution >= 4 is 17.6 Å². The summed E-state index contributed by atoms with van der Waals surface area (Å²) in [5.41, 5.74) is 6.65. The van der Waals surface area contributed by atoms with Crippen LogP contribution in [0.5, 0.6) is 5.75 Å². The fourth-order valence-corrected chi connectivity index (χ4v) is 1.86. The number of nitrogens with zero attached hydrogens (tertiary/aromatic N) is 1. The number of anilines is 1. The zero-order chi connectivity index (χ0) is 13.1. The number of amides is 3. The lowest BCUT2D eigenvalue weighted by Crippen LogP contribution is -2.46. The molecule has 0 fully saturated rings. The number of primary amides is 1. The van der Waals surface area contributed by atoms with Gasteiger partial charge < -0.3 is 15.8 Å². The maximum atomic E-state index is 11.6. The first-order valence-corrected chi connectivity index (χ1v) is 5.66. The molecule has 0 aromatic heterocycles. The van der Waals surface area contributed by atoms with Gasteiger partial charge in [-0.15, -0.1) is 0 Å². The van der Waals surface area contributed by atoms with E-state index in [4.69, 9.17) is 10.5 Å². The molecule has 0 bridgehead atoms. The number of fused-ring (bicyclic) bond motifs is 1. The number of nitrogens with one attached hydrogen (secondary N) is 1. The number of likely N-dealkylation sites (N-methyl/N-ethyl adjacent to an activating group) is 1. The smallest absolute Gasteiger partial charge is 0.326 e. The van der Waals surface area contributed by atoms with E-state index in [2.05, 4.69) is 5.32 Å². The second-order valence-electron chi connectivity index (χ2n) is 4.01. The zero-order valence-electron chi connectivity index (χ0n) is 10.1. The third-order valence-electron chi connectivity index (χ3n) is 2.75. The molecule has 3 amide bonds. The Hall–Kier alpha value is -2.08. The number of carbonyl (C=O) groups excluding carboxylic acids is 2. The van der Waals surface area contributed by atoms with Gasteiger partial charge in [-0.3, -0.25) is 4.79 Å². The minimum atomic E-state index is -0.782. The molecule has 6 heteroatoms. The Balaban J connectivity index is 2.35. The highest BCUT2D eigenvalue weighted by Crippen LogP contribution is 2.32. The Morgan fingerprint density at radius 1 is 1.56 bits per heavy atom. The van der Waals surface area contributed by atoms with E-state index in [1.54, 1.807) is 12.1 Å². The predicted octanol–water partition coefficient (Wildman–Crippen LogP) is 0.253. The van der Waals surface area contributed by atoms with Crippen LogP contribution in [0.3, 0.4) is 0 Å². The Kier molecular flexibility index (Phi) is 3.47. The van der Waals surface area contributed by atoms with E-state index in [1.165, 1.54) is 0 Å². The summed E-state index contributed by atoms with van der Waals surface area (Å²) in [5, 5.41) is 3.04. The lowest BCUT2D eigenvalue weighted by atomic mass is 10.1. The first-order chi connectivity index (χ1) is 8.63. The number of hydrogen-bond acceptors (Lipinski definition) is 4. The molecule has 6 nitrogen and oxygen atoms in total. The number of ether oxygens (including phenoxy) is 1. The summed E-state index contributed by atoms with van der Waals surface area (Å²) in [4.78, 5) is 23.9. The molecule has 0 atom stereocenters. The van der Waals surface area contributed by atoms with E-state index in [1.807, 2.05) is 13.1 Å². The summed E-state index contributed by atoms with van der Waals surface area (Å²) in [6.07, 6.45) is 0.796. The van der Waals surface area contributed by atoms with E-state index in [0.717, 1.165) is 23.4 Å². The average Bonchev–Trinajstić information content (AvgIpc) is 2.35. The van der Waals surface area contributed by atoms with Crippen molar-refractivity contribution in [2.75, 3.05) is 25.1 Å². The Morgan fingerprint density at radius 3 is 3.00 bits per heavy atom. The molecule has 1 heterocycles. The maximum Gasteiger partial charge on any atom is 0.326 e. The lowest BCUT2D eigenvalue weighted by Gasteiger charge is -2.26. The van der Waals surface area contributed by atoms with Crippen LogP contribution in [-0.4, -0.2) is 32.1 Å². The average molecular weight is 249 g/mol. The third kappa shape index (κ3) is 2.28. The number of urea groups is 1. The normalized spacial score (nSPS) is 14.1. The van der Waals surface area contributed by atoms with E-state index < -0.39 is 11.9 Å². The molecule has 1 aliphatic heterocycles. The van der Waals surface area contributed by atoms with Gasteiger partial charge in [0.15, 0.2) is 6.61 Å². The van der Waals surface area contributed by atoms with Gasteiger partial charge in [-0.1, -0.05) is 6.07 Å². The fraction of sp³-hybridized carbons (Fsp3) is 0.333. The van der Waals surface area contributed by atoms with Crippen LogP contribution in [-0.2, 0) is 11.2 Å². The number of nitrogens with two attached hydrogens (primary N) is 1. The number of benzene rings is 1. The third-order valence-corrected chi connectivity index (χ3v) is 2.75. The monoisotopic (exact) mass is 249 g/mol. The van der Waals surface area contributed by atoms with Crippen LogP contribution in [0.25, 0.3) is 0 Å². The second-order valence-corrected chi connectivity index (χ2v) is 4.01. The van der Waals surface area contributed by atoms with Gasteiger partial charge in [0.05, 0.1) is 5.69 Å². The van der Waals surface area contributed by atoms with Crippen molar-refractivity contribution in [2.45, 2.75) is 6.42 Å². The SMILES string of the molecule is CNCCc1ccc2c(c1)N(C(N)=O)C(=O)CO2. The fourth-order valence-electron chi connectivity index (χ4n) is 1.86. The molecular formula is C12H15N3O3. The quantitative estimate of drug-likeness (QED) is 0.804. The van der Waals surface area contributed by atoms with Crippen LogP contribution in [0, 0.1) is 0 Å². The van der Waals surface area contributed by atoms with Crippen molar-refractivity contribution in [1.29, 1.82) is 0 Å². The standard InChI is InChI=1S/C12H15N3O3/c1-14-5-4-8-2-3-10-9(6-8)15(12(13)17)11(16)7-18-10/h2-3,6,14H,4-5,7H2,1H3,(H2,13,17). The highest BCUT2D eigenvalue weighted by molar-refractivity contribution is 6.16. The Morgan fingerprint density at radius 2 is 2.33 bits per heavy atom. The molecular weight excluding hydrogens is 234 g/mol. The molecule has 0 aliphatic carbocycles. The molecule has 96 valence electrons. The van der Waals surface area contributed by atoms with Gasteiger partial charge in [0.1, 0.15) is 5.75 Å². The lowest BCUT2D eigenvalue weighted by molar-refractivity contribution is -0.120.